The smallest absolute Gasteiger partial charge is 0.308 e. The second-order valence-electron chi connectivity index (χ2n) is 15.5. The van der Waals surface area contributed by atoms with Gasteiger partial charge in [-0.25, -0.2) is 0 Å². The Morgan fingerprint density at radius 1 is 1.04 bits per heavy atom. The van der Waals surface area contributed by atoms with Crippen molar-refractivity contribution in [2.45, 2.75) is 172 Å². The van der Waals surface area contributed by atoms with E-state index in [9.17, 15) is 34.8 Å². The maximum Gasteiger partial charge on any atom is 0.308 e. The Hall–Kier alpha value is -2.31. The highest BCUT2D eigenvalue weighted by molar-refractivity contribution is 5.70. The molecule has 0 saturated carbocycles. The van der Waals surface area contributed by atoms with Gasteiger partial charge in [-0.15, -0.1) is 0 Å². The van der Waals surface area contributed by atoms with Crippen LogP contribution in [0.25, 0.3) is 0 Å². The Bertz CT molecular complexity index is 1240. The maximum atomic E-state index is 12.9. The van der Waals surface area contributed by atoms with Crippen LogP contribution in [0.15, 0.2) is 24.3 Å². The molecule has 0 aliphatic carbocycles. The molecular weight excluding hydrogens is 706 g/mol. The zero-order chi connectivity index (χ0) is 40.3. The highest BCUT2D eigenvalue weighted by Gasteiger charge is 2.52. The summed E-state index contributed by atoms with van der Waals surface area (Å²) in [7, 11) is 4.86. The lowest BCUT2D eigenvalue weighted by molar-refractivity contribution is -0.344. The third-order valence-electron chi connectivity index (χ3n) is 10.5. The molecule has 0 spiro atoms. The molecule has 0 radical (unpaired) electrons. The molecule has 0 aromatic rings. The van der Waals surface area contributed by atoms with Gasteiger partial charge in [0.1, 0.15) is 36.3 Å². The Morgan fingerprint density at radius 3 is 2.35 bits per heavy atom. The Morgan fingerprint density at radius 2 is 1.74 bits per heavy atom. The summed E-state index contributed by atoms with van der Waals surface area (Å²) < 4.78 is 42.2. The fraction of sp³-hybridized carbons (Fsp3) is 0.821. The zero-order valence-electron chi connectivity index (χ0n) is 33.3. The van der Waals surface area contributed by atoms with E-state index in [4.69, 9.17) is 33.2 Å². The molecule has 3 aliphatic rings. The van der Waals surface area contributed by atoms with Crippen LogP contribution in [0.2, 0.25) is 0 Å². The van der Waals surface area contributed by atoms with Gasteiger partial charge in [0.15, 0.2) is 18.7 Å². The van der Waals surface area contributed by atoms with E-state index in [1.807, 2.05) is 19.9 Å². The topological polar surface area (TPSA) is 200 Å². The van der Waals surface area contributed by atoms with E-state index in [1.54, 1.807) is 64.9 Å². The number of hydrogen-bond donors (Lipinski definition) is 4. The summed E-state index contributed by atoms with van der Waals surface area (Å²) >= 11 is 0. The number of rotatable bonds is 11. The SMILES string of the molecule is CCCC(=O)O[C@H]1[C@H](C)O[C@@H](O[C@H]2[C@H](N(C)C)[C@@H](O)[C@H](O[C@H]3[C@@H](CC=O)C[C@@H](C)[C@@H](O)/C=C/C=C\C[C@@H](C)OC(=O)C[C@@H](O)[C@H]3OC)O[C@@H]2C)C[C@@]1(C)O. The Labute approximate surface area is 319 Å². The fourth-order valence-electron chi connectivity index (χ4n) is 7.66. The van der Waals surface area contributed by atoms with Gasteiger partial charge >= 0.3 is 11.9 Å². The predicted octanol–water partition coefficient (Wildman–Crippen LogP) is 2.20. The van der Waals surface area contributed by atoms with E-state index >= 15 is 0 Å². The van der Waals surface area contributed by atoms with Crippen LogP contribution in [-0.2, 0) is 47.5 Å². The molecule has 2 saturated heterocycles. The molecule has 3 aliphatic heterocycles. The number of hydrogen-bond acceptors (Lipinski definition) is 15. The summed E-state index contributed by atoms with van der Waals surface area (Å²) in [6.07, 6.45) is -3.26. The lowest BCUT2D eigenvalue weighted by atomic mass is 9.82. The molecule has 0 aromatic heterocycles. The number of aliphatic hydroxyl groups is 4. The van der Waals surface area contributed by atoms with Crippen LogP contribution in [0.5, 0.6) is 0 Å². The molecule has 0 unspecified atom stereocenters. The van der Waals surface area contributed by atoms with E-state index in [1.165, 1.54) is 7.11 Å². The van der Waals surface area contributed by atoms with Crippen molar-refractivity contribution in [2.24, 2.45) is 11.8 Å². The summed E-state index contributed by atoms with van der Waals surface area (Å²) in [5, 5.41) is 45.7. The van der Waals surface area contributed by atoms with Crippen molar-refractivity contribution in [3.05, 3.63) is 24.3 Å². The third-order valence-corrected chi connectivity index (χ3v) is 10.5. The lowest BCUT2D eigenvalue weighted by Crippen LogP contribution is -2.66. The summed E-state index contributed by atoms with van der Waals surface area (Å²) in [6.45, 7) is 10.4. The fourth-order valence-corrected chi connectivity index (χ4v) is 7.66. The van der Waals surface area contributed by atoms with Crippen LogP contribution in [0.3, 0.4) is 0 Å². The molecule has 0 aromatic carbocycles. The molecule has 15 nitrogen and oxygen atoms in total. The second-order valence-corrected chi connectivity index (χ2v) is 15.5. The number of nitrogens with zero attached hydrogens (tertiary/aromatic N) is 1. The van der Waals surface area contributed by atoms with Crippen molar-refractivity contribution in [1.29, 1.82) is 0 Å². The van der Waals surface area contributed by atoms with Gasteiger partial charge in [0, 0.05) is 32.8 Å². The number of aliphatic hydroxyl groups excluding tert-OH is 3. The maximum absolute atomic E-state index is 12.9. The molecule has 0 bridgehead atoms. The van der Waals surface area contributed by atoms with E-state index in [0.29, 0.717) is 12.8 Å². The Kier molecular flexibility index (Phi) is 18.2. The number of cyclic esters (lactones) is 1. The van der Waals surface area contributed by atoms with Gasteiger partial charge in [0.05, 0.1) is 43.0 Å². The number of aldehydes is 1. The normalized spacial score (nSPS) is 42.9. The molecule has 16 atom stereocenters. The van der Waals surface area contributed by atoms with Gasteiger partial charge < -0.3 is 63.3 Å². The van der Waals surface area contributed by atoms with Gasteiger partial charge in [-0.1, -0.05) is 38.2 Å². The number of esters is 2. The van der Waals surface area contributed by atoms with Crippen molar-refractivity contribution in [3.63, 3.8) is 0 Å². The first-order chi connectivity index (χ1) is 25.4. The van der Waals surface area contributed by atoms with Crippen LogP contribution in [-0.4, -0.2) is 150 Å². The largest absolute Gasteiger partial charge is 0.462 e. The first kappa shape index (κ1) is 46.1. The molecule has 3 rings (SSSR count). The van der Waals surface area contributed by atoms with Gasteiger partial charge in [0.2, 0.25) is 0 Å². The van der Waals surface area contributed by atoms with Gasteiger partial charge in [-0.3, -0.25) is 9.59 Å². The Balaban J connectivity index is 1.91. The first-order valence-corrected chi connectivity index (χ1v) is 19.2. The number of allylic oxidation sites excluding steroid dienone is 2. The molecule has 2 fully saturated rings. The number of carbonyl (C=O) groups is 3. The molecule has 4 N–H and O–H groups in total. The van der Waals surface area contributed by atoms with Crippen LogP contribution in [0.4, 0.5) is 0 Å². The minimum Gasteiger partial charge on any atom is -0.462 e. The monoisotopic (exact) mass is 771 g/mol. The highest BCUT2D eigenvalue weighted by atomic mass is 16.7. The number of ether oxygens (including phenoxy) is 7. The van der Waals surface area contributed by atoms with Crippen LogP contribution in [0, 0.1) is 11.8 Å². The molecule has 310 valence electrons. The number of carbonyl (C=O) groups excluding carboxylic acids is 3. The van der Waals surface area contributed by atoms with Crippen LogP contribution < -0.4 is 0 Å². The summed E-state index contributed by atoms with van der Waals surface area (Å²) in [4.78, 5) is 39.0. The van der Waals surface area contributed by atoms with Crippen molar-refractivity contribution >= 4 is 18.2 Å². The third kappa shape index (κ3) is 12.6. The molecule has 54 heavy (non-hydrogen) atoms. The standard InChI is InChI=1S/C39H65NO14/c1-10-14-29(44)52-37-25(5)50-31(21-39(37,6)47)53-34-24(4)51-38(33(46)32(34)40(7)8)54-35-26(17-18-41)19-22(2)27(42)16-13-11-12-15-23(3)49-30(45)20-28(43)36(35)48-9/h11-13,16,18,22-28,31-38,42-43,46-47H,10,14-15,17,19-21H2,1-9H3/b12-11-,16-13+/t22-,23-,24-,25+,26+,27+,28-,31+,32-,33-,34-,35+,36-,37+,38+,39-/m1/s1. The molecule has 15 heteroatoms. The van der Waals surface area contributed by atoms with Crippen molar-refractivity contribution in [1.82, 2.24) is 4.90 Å². The van der Waals surface area contributed by atoms with E-state index in [-0.39, 0.29) is 31.6 Å². The molecular formula is C39H65NO14. The lowest BCUT2D eigenvalue weighted by Gasteiger charge is -2.50. The van der Waals surface area contributed by atoms with Crippen LogP contribution in [0.1, 0.15) is 86.5 Å². The van der Waals surface area contributed by atoms with Crippen LogP contribution >= 0.6 is 0 Å². The van der Waals surface area contributed by atoms with Gasteiger partial charge in [0.25, 0.3) is 0 Å². The summed E-state index contributed by atoms with van der Waals surface area (Å²) in [5.74, 6) is -2.11. The average Bonchev–Trinajstić information content (AvgIpc) is 3.07. The van der Waals surface area contributed by atoms with Crippen molar-refractivity contribution in [3.8, 4) is 0 Å². The minimum absolute atomic E-state index is 0.0274. The van der Waals surface area contributed by atoms with E-state index in [0.717, 1.165) is 6.29 Å². The zero-order valence-corrected chi connectivity index (χ0v) is 33.3. The summed E-state index contributed by atoms with van der Waals surface area (Å²) in [5.41, 5.74) is -1.47. The predicted molar refractivity (Wildman–Crippen MR) is 196 cm³/mol. The van der Waals surface area contributed by atoms with E-state index in [2.05, 4.69) is 0 Å². The number of methoxy groups -OCH3 is 1. The quantitative estimate of drug-likeness (QED) is 0.176. The number of likely N-dealkylation sites (N-methyl/N-ethyl adjacent to an activating group) is 1. The van der Waals surface area contributed by atoms with Crippen molar-refractivity contribution < 1.29 is 68.0 Å². The average molecular weight is 772 g/mol. The van der Waals surface area contributed by atoms with Crippen molar-refractivity contribution in [2.75, 3.05) is 21.2 Å². The van der Waals surface area contributed by atoms with Gasteiger partial charge in [-0.05, 0) is 66.5 Å². The minimum atomic E-state index is -1.47. The highest BCUT2D eigenvalue weighted by Crippen LogP contribution is 2.37. The first-order valence-electron chi connectivity index (χ1n) is 19.2. The molecule has 0 amide bonds. The van der Waals surface area contributed by atoms with Gasteiger partial charge in [-0.2, -0.15) is 0 Å². The van der Waals surface area contributed by atoms with E-state index < -0.39 is 110 Å². The summed E-state index contributed by atoms with van der Waals surface area (Å²) in [6, 6.07) is -0.750. The second kappa shape index (κ2) is 21.3. The molecule has 3 heterocycles.